The van der Waals surface area contributed by atoms with Gasteiger partial charge in [-0.2, -0.15) is 0 Å². The monoisotopic (exact) mass is 272 g/mol. The lowest BCUT2D eigenvalue weighted by Crippen LogP contribution is -2.19. The quantitative estimate of drug-likeness (QED) is 0.934. The molecule has 106 valence electrons. The Hall–Kier alpha value is -1.94. The standard InChI is InChI=1S/C16H20N2O2/c1-16(2,3)13-9-14(19)18-15(17-13)12-7-5-6-11(8-12)10-20-4/h5-9H,10H2,1-4H3,(H,17,18,19). The minimum absolute atomic E-state index is 0.128. The average Bonchev–Trinajstić information content (AvgIpc) is 2.38. The molecule has 4 heteroatoms. The molecule has 1 aromatic heterocycles. The second kappa shape index (κ2) is 5.59. The van der Waals surface area contributed by atoms with E-state index >= 15 is 0 Å². The number of rotatable bonds is 3. The lowest BCUT2D eigenvalue weighted by Gasteiger charge is -2.18. The molecule has 0 radical (unpaired) electrons. The fraction of sp³-hybridized carbons (Fsp3) is 0.375. The minimum atomic E-state index is -0.160. The number of ether oxygens (including phenoxy) is 1. The van der Waals surface area contributed by atoms with Crippen LogP contribution in [0.25, 0.3) is 11.4 Å². The van der Waals surface area contributed by atoms with E-state index in [2.05, 4.69) is 9.97 Å². The van der Waals surface area contributed by atoms with Gasteiger partial charge in [0.2, 0.25) is 0 Å². The van der Waals surface area contributed by atoms with Crippen molar-refractivity contribution < 1.29 is 4.74 Å². The highest BCUT2D eigenvalue weighted by atomic mass is 16.5. The fourth-order valence-corrected chi connectivity index (χ4v) is 1.95. The van der Waals surface area contributed by atoms with Crippen LogP contribution >= 0.6 is 0 Å². The van der Waals surface area contributed by atoms with Crippen LogP contribution in [0.3, 0.4) is 0 Å². The van der Waals surface area contributed by atoms with Crippen LogP contribution in [-0.4, -0.2) is 17.1 Å². The largest absolute Gasteiger partial charge is 0.380 e. The molecule has 1 N–H and O–H groups in total. The van der Waals surface area contributed by atoms with Crippen molar-refractivity contribution in [2.45, 2.75) is 32.8 Å². The molecule has 0 saturated heterocycles. The molecule has 2 rings (SSSR count). The number of nitrogens with zero attached hydrogens (tertiary/aromatic N) is 1. The summed E-state index contributed by atoms with van der Waals surface area (Å²) in [4.78, 5) is 19.2. The Morgan fingerprint density at radius 1 is 1.25 bits per heavy atom. The second-order valence-corrected chi connectivity index (χ2v) is 5.86. The molecule has 0 unspecified atom stereocenters. The second-order valence-electron chi connectivity index (χ2n) is 5.86. The zero-order valence-electron chi connectivity index (χ0n) is 12.4. The van der Waals surface area contributed by atoms with Gasteiger partial charge in [0.15, 0.2) is 0 Å². The molecule has 0 amide bonds. The van der Waals surface area contributed by atoms with Crippen molar-refractivity contribution in [2.24, 2.45) is 0 Å². The Morgan fingerprint density at radius 2 is 2.00 bits per heavy atom. The molecule has 0 aliphatic rings. The van der Waals surface area contributed by atoms with Crippen LogP contribution < -0.4 is 5.56 Å². The zero-order chi connectivity index (χ0) is 14.8. The van der Waals surface area contributed by atoms with Crippen LogP contribution in [0.2, 0.25) is 0 Å². The number of nitrogens with one attached hydrogen (secondary N) is 1. The van der Waals surface area contributed by atoms with Gasteiger partial charge in [-0.1, -0.05) is 39.0 Å². The van der Waals surface area contributed by atoms with Gasteiger partial charge >= 0.3 is 0 Å². The van der Waals surface area contributed by atoms with Crippen LogP contribution in [0.1, 0.15) is 32.0 Å². The molecule has 2 aromatic rings. The first-order valence-electron chi connectivity index (χ1n) is 6.60. The lowest BCUT2D eigenvalue weighted by molar-refractivity contribution is 0.185. The number of methoxy groups -OCH3 is 1. The Balaban J connectivity index is 2.50. The van der Waals surface area contributed by atoms with Crippen LogP contribution in [0.4, 0.5) is 0 Å². The maximum atomic E-state index is 11.8. The van der Waals surface area contributed by atoms with Crippen molar-refractivity contribution in [3.05, 3.63) is 51.9 Å². The number of hydrogen-bond donors (Lipinski definition) is 1. The van der Waals surface area contributed by atoms with E-state index in [0.717, 1.165) is 16.8 Å². The van der Waals surface area contributed by atoms with E-state index in [-0.39, 0.29) is 11.0 Å². The van der Waals surface area contributed by atoms with E-state index in [1.165, 1.54) is 0 Å². The zero-order valence-corrected chi connectivity index (χ0v) is 12.4. The van der Waals surface area contributed by atoms with Crippen LogP contribution in [-0.2, 0) is 16.8 Å². The summed E-state index contributed by atoms with van der Waals surface area (Å²) in [6, 6.07) is 9.40. The third-order valence-electron chi connectivity index (χ3n) is 3.02. The highest BCUT2D eigenvalue weighted by Crippen LogP contribution is 2.22. The first-order valence-corrected chi connectivity index (χ1v) is 6.60. The van der Waals surface area contributed by atoms with Gasteiger partial charge in [0.25, 0.3) is 5.56 Å². The predicted octanol–water partition coefficient (Wildman–Crippen LogP) is 2.88. The topological polar surface area (TPSA) is 55.0 Å². The van der Waals surface area contributed by atoms with E-state index in [1.54, 1.807) is 13.2 Å². The molecule has 1 heterocycles. The van der Waals surface area contributed by atoms with Gasteiger partial charge in [0, 0.05) is 24.2 Å². The van der Waals surface area contributed by atoms with Gasteiger partial charge in [-0.05, 0) is 11.6 Å². The molecule has 0 fully saturated rings. The Morgan fingerprint density at radius 3 is 2.65 bits per heavy atom. The molecule has 0 bridgehead atoms. The maximum absolute atomic E-state index is 11.8. The number of aromatic amines is 1. The molecule has 20 heavy (non-hydrogen) atoms. The van der Waals surface area contributed by atoms with E-state index in [9.17, 15) is 4.79 Å². The third-order valence-corrected chi connectivity index (χ3v) is 3.02. The van der Waals surface area contributed by atoms with Crippen LogP contribution in [0, 0.1) is 0 Å². The molecule has 0 atom stereocenters. The van der Waals surface area contributed by atoms with Gasteiger partial charge < -0.3 is 9.72 Å². The van der Waals surface area contributed by atoms with Crippen molar-refractivity contribution in [3.8, 4) is 11.4 Å². The highest BCUT2D eigenvalue weighted by molar-refractivity contribution is 5.56. The summed E-state index contributed by atoms with van der Waals surface area (Å²) in [5, 5.41) is 0. The van der Waals surface area contributed by atoms with E-state index in [4.69, 9.17) is 4.74 Å². The molecular weight excluding hydrogens is 252 g/mol. The van der Waals surface area contributed by atoms with Crippen molar-refractivity contribution in [2.75, 3.05) is 7.11 Å². The molecule has 0 aliphatic carbocycles. The van der Waals surface area contributed by atoms with Crippen LogP contribution in [0.5, 0.6) is 0 Å². The summed E-state index contributed by atoms with van der Waals surface area (Å²) in [5.74, 6) is 0.598. The van der Waals surface area contributed by atoms with Gasteiger partial charge in [-0.25, -0.2) is 4.98 Å². The summed E-state index contributed by atoms with van der Waals surface area (Å²) in [7, 11) is 1.66. The summed E-state index contributed by atoms with van der Waals surface area (Å²) in [5.41, 5.74) is 2.44. The summed E-state index contributed by atoms with van der Waals surface area (Å²) in [6.45, 7) is 6.66. The normalized spacial score (nSPS) is 11.6. The van der Waals surface area contributed by atoms with Crippen molar-refractivity contribution in [3.63, 3.8) is 0 Å². The van der Waals surface area contributed by atoms with E-state index in [1.807, 2.05) is 45.0 Å². The fourth-order valence-electron chi connectivity index (χ4n) is 1.95. The van der Waals surface area contributed by atoms with E-state index < -0.39 is 0 Å². The first-order chi connectivity index (χ1) is 9.40. The van der Waals surface area contributed by atoms with Crippen molar-refractivity contribution in [1.82, 2.24) is 9.97 Å². The Labute approximate surface area is 118 Å². The number of benzene rings is 1. The van der Waals surface area contributed by atoms with Gasteiger partial charge in [0.05, 0.1) is 12.3 Å². The Bertz CT molecular complexity index is 654. The lowest BCUT2D eigenvalue weighted by atomic mass is 9.92. The van der Waals surface area contributed by atoms with Gasteiger partial charge in [-0.15, -0.1) is 0 Å². The van der Waals surface area contributed by atoms with Gasteiger partial charge in [-0.3, -0.25) is 4.79 Å². The van der Waals surface area contributed by atoms with Gasteiger partial charge in [0.1, 0.15) is 5.82 Å². The number of aromatic nitrogens is 2. The van der Waals surface area contributed by atoms with Crippen LogP contribution in [0.15, 0.2) is 35.1 Å². The SMILES string of the molecule is COCc1cccc(-c2nc(C(C)(C)C)cc(=O)[nH]2)c1. The molecule has 1 aromatic carbocycles. The Kier molecular flexibility index (Phi) is 4.04. The minimum Gasteiger partial charge on any atom is -0.380 e. The summed E-state index contributed by atoms with van der Waals surface area (Å²) in [6.07, 6.45) is 0. The smallest absolute Gasteiger partial charge is 0.251 e. The van der Waals surface area contributed by atoms with Crippen molar-refractivity contribution >= 4 is 0 Å². The molecule has 0 aliphatic heterocycles. The van der Waals surface area contributed by atoms with E-state index in [0.29, 0.717) is 12.4 Å². The average molecular weight is 272 g/mol. The first kappa shape index (κ1) is 14.5. The molecule has 0 spiro atoms. The highest BCUT2D eigenvalue weighted by Gasteiger charge is 2.17. The predicted molar refractivity (Wildman–Crippen MR) is 79.7 cm³/mol. The third kappa shape index (κ3) is 3.33. The maximum Gasteiger partial charge on any atom is 0.251 e. The summed E-state index contributed by atoms with van der Waals surface area (Å²) >= 11 is 0. The molecule has 0 saturated carbocycles. The number of H-pyrrole nitrogens is 1. The molecular formula is C16H20N2O2. The summed E-state index contributed by atoms with van der Waals surface area (Å²) < 4.78 is 5.13. The van der Waals surface area contributed by atoms with Crippen molar-refractivity contribution in [1.29, 1.82) is 0 Å². The number of hydrogen-bond acceptors (Lipinski definition) is 3. The molecule has 4 nitrogen and oxygen atoms in total.